The topological polar surface area (TPSA) is 117 Å². The summed E-state index contributed by atoms with van der Waals surface area (Å²) in [6.07, 6.45) is 5.52. The molecule has 0 saturated carbocycles. The number of hydrogen-bond donors (Lipinski definition) is 4. The highest BCUT2D eigenvalue weighted by molar-refractivity contribution is 6.30. The molecule has 0 amide bonds. The highest BCUT2D eigenvalue weighted by Crippen LogP contribution is 2.36. The van der Waals surface area contributed by atoms with Gasteiger partial charge in [0.05, 0.1) is 6.61 Å². The third kappa shape index (κ3) is 5.41. The first-order valence-corrected chi connectivity index (χ1v) is 10.4. The van der Waals surface area contributed by atoms with Crippen molar-refractivity contribution >= 4 is 23.5 Å². The zero-order chi connectivity index (χ0) is 23.3. The summed E-state index contributed by atoms with van der Waals surface area (Å²) in [5, 5.41) is 25.4. The van der Waals surface area contributed by atoms with Crippen molar-refractivity contribution in [2.24, 2.45) is 5.92 Å². The van der Waals surface area contributed by atoms with E-state index >= 15 is 0 Å². The molecule has 0 bridgehead atoms. The predicted molar refractivity (Wildman–Crippen MR) is 115 cm³/mol. The number of rotatable bonds is 8. The van der Waals surface area contributed by atoms with E-state index in [2.05, 4.69) is 10.6 Å². The van der Waals surface area contributed by atoms with Crippen LogP contribution in [0.3, 0.4) is 0 Å². The summed E-state index contributed by atoms with van der Waals surface area (Å²) >= 11 is 5.82. The maximum atomic E-state index is 14.6. The van der Waals surface area contributed by atoms with Gasteiger partial charge in [-0.05, 0) is 56.7 Å². The zero-order valence-electron chi connectivity index (χ0n) is 17.4. The molecule has 0 radical (unpaired) electrons. The van der Waals surface area contributed by atoms with E-state index in [1.807, 2.05) is 0 Å². The molecule has 172 valence electrons. The first kappa shape index (κ1) is 23.6. The normalized spacial score (nSPS) is 23.5. The van der Waals surface area contributed by atoms with Gasteiger partial charge >= 0.3 is 11.9 Å². The molecule has 1 saturated heterocycles. The zero-order valence-corrected chi connectivity index (χ0v) is 18.1. The number of hydrogen-bond acceptors (Lipinski definition) is 6. The monoisotopic (exact) mass is 466 g/mol. The van der Waals surface area contributed by atoms with Crippen LogP contribution in [0.15, 0.2) is 53.5 Å². The average Bonchev–Trinajstić information content (AvgIpc) is 2.74. The van der Waals surface area contributed by atoms with E-state index in [0.717, 1.165) is 32.0 Å². The molecule has 2 heterocycles. The summed E-state index contributed by atoms with van der Waals surface area (Å²) in [4.78, 5) is 23.6. The third-order valence-electron chi connectivity index (χ3n) is 5.11. The lowest BCUT2D eigenvalue weighted by Gasteiger charge is -2.40. The molecule has 4 N–H and O–H groups in total. The first-order valence-electron chi connectivity index (χ1n) is 10.0. The van der Waals surface area contributed by atoms with Crippen molar-refractivity contribution in [3.05, 3.63) is 64.3 Å². The molecule has 2 aliphatic heterocycles. The smallest absolute Gasteiger partial charge is 0.338 e. The van der Waals surface area contributed by atoms with Gasteiger partial charge in [0.1, 0.15) is 5.57 Å². The van der Waals surface area contributed by atoms with E-state index in [4.69, 9.17) is 21.1 Å². The van der Waals surface area contributed by atoms with Crippen molar-refractivity contribution in [1.29, 1.82) is 0 Å². The van der Waals surface area contributed by atoms with Gasteiger partial charge in [-0.1, -0.05) is 11.6 Å². The van der Waals surface area contributed by atoms with E-state index in [1.54, 1.807) is 13.0 Å². The number of piperidine rings is 1. The molecular formula is C22H24ClFN2O6. The van der Waals surface area contributed by atoms with Crippen molar-refractivity contribution in [1.82, 2.24) is 10.6 Å². The average molecular weight is 467 g/mol. The standard InChI is InChI=1S/C22H24ClFN2O6/c1-13-4-7-19(31-12-14-3-2-8-25-11-14)22(26-13,16(21(29)30)10-20(27)28)32-18-6-5-15(23)9-17(18)24/h4-7,9-10,14,25-26H,2-3,8,11-12H2,1H3,(H,27,28)(H,29,30)/b16-10-/t14?,22-/m0/s1. The molecule has 2 aliphatic rings. The van der Waals surface area contributed by atoms with E-state index in [1.165, 1.54) is 18.2 Å². The fourth-order valence-electron chi connectivity index (χ4n) is 3.61. The lowest BCUT2D eigenvalue weighted by molar-refractivity contribution is -0.137. The van der Waals surface area contributed by atoms with Gasteiger partial charge < -0.3 is 30.3 Å². The molecule has 10 heteroatoms. The Labute approximate surface area is 189 Å². The largest absolute Gasteiger partial charge is 0.491 e. The number of dihydropyridines is 1. The summed E-state index contributed by atoms with van der Waals surface area (Å²) in [7, 11) is 0. The molecule has 0 aliphatic carbocycles. The third-order valence-corrected chi connectivity index (χ3v) is 5.35. The summed E-state index contributed by atoms with van der Waals surface area (Å²) in [6, 6.07) is 3.62. The fourth-order valence-corrected chi connectivity index (χ4v) is 3.77. The molecule has 32 heavy (non-hydrogen) atoms. The van der Waals surface area contributed by atoms with Crippen LogP contribution < -0.4 is 15.4 Å². The predicted octanol–water partition coefficient (Wildman–Crippen LogP) is 3.06. The van der Waals surface area contributed by atoms with Crippen LogP contribution in [0.25, 0.3) is 0 Å². The Kier molecular flexibility index (Phi) is 7.42. The van der Waals surface area contributed by atoms with Gasteiger partial charge in [0.2, 0.25) is 0 Å². The van der Waals surface area contributed by atoms with E-state index in [9.17, 15) is 24.2 Å². The highest BCUT2D eigenvalue weighted by atomic mass is 35.5. The van der Waals surface area contributed by atoms with Gasteiger partial charge in [0, 0.05) is 29.3 Å². The van der Waals surface area contributed by atoms with E-state index < -0.39 is 29.1 Å². The van der Waals surface area contributed by atoms with Crippen LogP contribution in [0.4, 0.5) is 4.39 Å². The molecule has 1 aromatic carbocycles. The Balaban J connectivity index is 2.07. The van der Waals surface area contributed by atoms with Crippen molar-refractivity contribution in [2.45, 2.75) is 25.5 Å². The molecule has 2 atom stereocenters. The number of ether oxygens (including phenoxy) is 2. The van der Waals surface area contributed by atoms with Crippen molar-refractivity contribution in [2.75, 3.05) is 19.7 Å². The number of allylic oxidation sites excluding steroid dienone is 3. The summed E-state index contributed by atoms with van der Waals surface area (Å²) in [6.45, 7) is 3.51. The second-order valence-electron chi connectivity index (χ2n) is 7.59. The Morgan fingerprint density at radius 3 is 2.75 bits per heavy atom. The van der Waals surface area contributed by atoms with Crippen molar-refractivity contribution in [3.8, 4) is 5.75 Å². The fraction of sp³-hybridized carbons (Fsp3) is 0.364. The Bertz CT molecular complexity index is 987. The lowest BCUT2D eigenvalue weighted by Crippen LogP contribution is -2.56. The van der Waals surface area contributed by atoms with Crippen LogP contribution in [-0.4, -0.2) is 47.6 Å². The molecule has 1 aromatic rings. The van der Waals surface area contributed by atoms with Crippen LogP contribution in [0, 0.1) is 11.7 Å². The van der Waals surface area contributed by atoms with Gasteiger partial charge in [-0.2, -0.15) is 0 Å². The van der Waals surface area contributed by atoms with Gasteiger partial charge in [-0.15, -0.1) is 0 Å². The van der Waals surface area contributed by atoms with Gasteiger partial charge in [0.15, 0.2) is 17.3 Å². The van der Waals surface area contributed by atoms with Crippen molar-refractivity contribution < 1.29 is 33.7 Å². The van der Waals surface area contributed by atoms with Crippen LogP contribution in [0.1, 0.15) is 19.8 Å². The first-order chi connectivity index (χ1) is 15.2. The molecule has 0 spiro atoms. The van der Waals surface area contributed by atoms with Crippen LogP contribution in [0.5, 0.6) is 5.75 Å². The second-order valence-corrected chi connectivity index (χ2v) is 8.02. The minimum absolute atomic E-state index is 0.00192. The van der Waals surface area contributed by atoms with Gasteiger partial charge in [-0.25, -0.2) is 14.0 Å². The van der Waals surface area contributed by atoms with Crippen LogP contribution >= 0.6 is 11.6 Å². The number of benzene rings is 1. The minimum Gasteiger partial charge on any atom is -0.491 e. The summed E-state index contributed by atoms with van der Waals surface area (Å²) in [5.41, 5.74) is -2.34. The van der Waals surface area contributed by atoms with Gasteiger partial charge in [-0.3, -0.25) is 0 Å². The quantitative estimate of drug-likeness (QED) is 0.432. The molecule has 1 fully saturated rings. The highest BCUT2D eigenvalue weighted by Gasteiger charge is 2.48. The van der Waals surface area contributed by atoms with E-state index in [-0.39, 0.29) is 29.1 Å². The maximum absolute atomic E-state index is 14.6. The Morgan fingerprint density at radius 2 is 2.12 bits per heavy atom. The van der Waals surface area contributed by atoms with Crippen LogP contribution in [-0.2, 0) is 14.3 Å². The molecular weight excluding hydrogens is 443 g/mol. The van der Waals surface area contributed by atoms with Gasteiger partial charge in [0.25, 0.3) is 5.72 Å². The number of carboxylic acids is 2. The second kappa shape index (κ2) is 10.1. The number of aliphatic carboxylic acids is 2. The number of halogens is 2. The maximum Gasteiger partial charge on any atom is 0.338 e. The molecule has 0 aromatic heterocycles. The lowest BCUT2D eigenvalue weighted by atomic mass is 9.95. The molecule has 3 rings (SSSR count). The number of carboxylic acid groups (broad SMARTS) is 2. The minimum atomic E-state index is -2.13. The number of carbonyl (C=O) groups is 2. The molecule has 1 unspecified atom stereocenters. The Morgan fingerprint density at radius 1 is 1.34 bits per heavy atom. The summed E-state index contributed by atoms with van der Waals surface area (Å²) in [5.74, 6) is -4.09. The Hall–Kier alpha value is -3.04. The summed E-state index contributed by atoms with van der Waals surface area (Å²) < 4.78 is 26.4. The SMILES string of the molecule is CC1=CC=C(OCC2CCCNC2)[C@@](Oc2ccc(Cl)cc2F)(/C(=C\C(=O)O)C(=O)O)N1. The van der Waals surface area contributed by atoms with Crippen LogP contribution in [0.2, 0.25) is 5.02 Å². The van der Waals surface area contributed by atoms with Crippen molar-refractivity contribution in [3.63, 3.8) is 0 Å². The molecule has 8 nitrogen and oxygen atoms in total. The number of nitrogens with one attached hydrogen (secondary N) is 2. The van der Waals surface area contributed by atoms with E-state index in [0.29, 0.717) is 11.8 Å².